The number of methoxy groups -OCH3 is 1. The zero-order valence-electron chi connectivity index (χ0n) is 12.9. The predicted octanol–water partition coefficient (Wildman–Crippen LogP) is 3.15. The number of nitrogens with two attached hydrogens (primary N) is 1. The Hall–Kier alpha value is -0.650. The van der Waals surface area contributed by atoms with Crippen LogP contribution in [0.25, 0.3) is 0 Å². The van der Waals surface area contributed by atoms with Gasteiger partial charge in [0.1, 0.15) is 0 Å². The van der Waals surface area contributed by atoms with Gasteiger partial charge in [-0.3, -0.25) is 0 Å². The maximum Gasteiger partial charge on any atom is 0.185 e. The fraction of sp³-hybridized carbons (Fsp3) is 0.800. The monoisotopic (exact) mass is 297 g/mol. The van der Waals surface area contributed by atoms with Crippen LogP contribution in [-0.4, -0.2) is 25.2 Å². The minimum Gasteiger partial charge on any atom is -0.378 e. The maximum atomic E-state index is 5.81. The van der Waals surface area contributed by atoms with E-state index in [2.05, 4.69) is 18.9 Å². The Labute approximate surface area is 126 Å². The highest BCUT2D eigenvalue weighted by Crippen LogP contribution is 2.33. The van der Waals surface area contributed by atoms with Gasteiger partial charge >= 0.3 is 0 Å². The average molecular weight is 297 g/mol. The van der Waals surface area contributed by atoms with Gasteiger partial charge in [-0.1, -0.05) is 13.3 Å². The number of hydrogen-bond acceptors (Lipinski definition) is 5. The minimum absolute atomic E-state index is 0.548. The molecule has 0 spiro atoms. The highest BCUT2D eigenvalue weighted by molar-refractivity contribution is 7.15. The third-order valence-corrected chi connectivity index (χ3v) is 5.69. The summed E-state index contributed by atoms with van der Waals surface area (Å²) in [4.78, 5) is 8.23. The number of nitrogens with zero attached hydrogens (tertiary/aromatic N) is 2. The molecule has 0 saturated heterocycles. The second-order valence-corrected chi connectivity index (χ2v) is 6.76. The molecule has 0 bridgehead atoms. The fourth-order valence-corrected chi connectivity index (χ4v) is 4.00. The average Bonchev–Trinajstić information content (AvgIpc) is 2.90. The molecule has 0 unspecified atom stereocenters. The van der Waals surface area contributed by atoms with Crippen LogP contribution in [0, 0.1) is 5.92 Å². The second kappa shape index (κ2) is 7.38. The van der Waals surface area contributed by atoms with E-state index in [4.69, 9.17) is 15.5 Å². The van der Waals surface area contributed by atoms with Gasteiger partial charge in [0.2, 0.25) is 0 Å². The molecule has 114 valence electrons. The molecule has 1 aliphatic carbocycles. The van der Waals surface area contributed by atoms with Gasteiger partial charge in [0.25, 0.3) is 0 Å². The third kappa shape index (κ3) is 3.51. The van der Waals surface area contributed by atoms with Gasteiger partial charge in [0, 0.05) is 31.6 Å². The molecule has 4 nitrogen and oxygen atoms in total. The van der Waals surface area contributed by atoms with E-state index < -0.39 is 0 Å². The van der Waals surface area contributed by atoms with E-state index in [0.717, 1.165) is 21.6 Å². The number of hydrogen-bond donors (Lipinski definition) is 1. The van der Waals surface area contributed by atoms with Gasteiger partial charge < -0.3 is 15.4 Å². The van der Waals surface area contributed by atoms with Crippen LogP contribution >= 0.6 is 11.3 Å². The van der Waals surface area contributed by atoms with Crippen molar-refractivity contribution in [2.24, 2.45) is 11.7 Å². The highest BCUT2D eigenvalue weighted by atomic mass is 32.1. The maximum absolute atomic E-state index is 5.81. The number of aromatic nitrogens is 1. The molecule has 1 aromatic heterocycles. The number of ether oxygens (including phenoxy) is 1. The predicted molar refractivity (Wildman–Crippen MR) is 85.2 cm³/mol. The standard InChI is InChI=1S/C15H27N3OS/c1-4-11-5-7-12(8-6-11)18(2)15-17-13(10-19-3)14(9-16)20-15/h11-12H,4-10,16H2,1-3H3. The lowest BCUT2D eigenvalue weighted by Crippen LogP contribution is -2.35. The Kier molecular flexibility index (Phi) is 5.81. The molecule has 2 N–H and O–H groups in total. The van der Waals surface area contributed by atoms with Gasteiger partial charge in [-0.15, -0.1) is 11.3 Å². The topological polar surface area (TPSA) is 51.4 Å². The SMILES string of the molecule is CCC1CCC(N(C)c2nc(COC)c(CN)s2)CC1. The molecule has 1 aromatic rings. The van der Waals surface area contributed by atoms with E-state index in [-0.39, 0.29) is 0 Å². The minimum atomic E-state index is 0.548. The first-order valence-corrected chi connectivity index (χ1v) is 8.41. The van der Waals surface area contributed by atoms with Crippen molar-refractivity contribution in [3.63, 3.8) is 0 Å². The molecule has 2 rings (SSSR count). The second-order valence-electron chi connectivity index (χ2n) is 5.70. The zero-order chi connectivity index (χ0) is 14.5. The molecule has 1 heterocycles. The summed E-state index contributed by atoms with van der Waals surface area (Å²) in [6, 6.07) is 0.630. The first kappa shape index (κ1) is 15.7. The Morgan fingerprint density at radius 1 is 1.35 bits per heavy atom. The molecular weight excluding hydrogens is 270 g/mol. The van der Waals surface area contributed by atoms with Gasteiger partial charge in [-0.2, -0.15) is 0 Å². The van der Waals surface area contributed by atoms with Crippen molar-refractivity contribution in [3.05, 3.63) is 10.6 Å². The van der Waals surface area contributed by atoms with Crippen molar-refractivity contribution in [3.8, 4) is 0 Å². The lowest BCUT2D eigenvalue weighted by molar-refractivity contribution is 0.181. The van der Waals surface area contributed by atoms with Crippen LogP contribution in [0.4, 0.5) is 5.13 Å². The molecule has 1 saturated carbocycles. The Morgan fingerprint density at radius 3 is 2.60 bits per heavy atom. The number of rotatable bonds is 6. The van der Waals surface area contributed by atoms with Crippen LogP contribution in [0.2, 0.25) is 0 Å². The molecule has 1 aliphatic rings. The normalized spacial score (nSPS) is 23.0. The molecular formula is C15H27N3OS. The Balaban J connectivity index is 2.03. The molecule has 5 heteroatoms. The summed E-state index contributed by atoms with van der Waals surface area (Å²) in [5.41, 5.74) is 6.81. The van der Waals surface area contributed by atoms with E-state index >= 15 is 0 Å². The van der Waals surface area contributed by atoms with Gasteiger partial charge in [-0.05, 0) is 31.6 Å². The van der Waals surface area contributed by atoms with Crippen molar-refractivity contribution < 1.29 is 4.74 Å². The molecule has 20 heavy (non-hydrogen) atoms. The quantitative estimate of drug-likeness (QED) is 0.876. The van der Waals surface area contributed by atoms with E-state index in [1.807, 2.05) is 0 Å². The first-order chi connectivity index (χ1) is 9.69. The van der Waals surface area contributed by atoms with Crippen molar-refractivity contribution in [2.75, 3.05) is 19.1 Å². The summed E-state index contributed by atoms with van der Waals surface area (Å²) in [5, 5.41) is 1.09. The zero-order valence-corrected chi connectivity index (χ0v) is 13.7. The summed E-state index contributed by atoms with van der Waals surface area (Å²) in [6.07, 6.45) is 6.60. The Bertz CT molecular complexity index is 413. The van der Waals surface area contributed by atoms with E-state index in [0.29, 0.717) is 19.2 Å². The number of thiazole rings is 1. The van der Waals surface area contributed by atoms with Crippen molar-refractivity contribution in [1.29, 1.82) is 0 Å². The summed E-state index contributed by atoms with van der Waals surface area (Å²) in [5.74, 6) is 0.930. The molecule has 0 atom stereocenters. The number of anilines is 1. The lowest BCUT2D eigenvalue weighted by Gasteiger charge is -2.34. The highest BCUT2D eigenvalue weighted by Gasteiger charge is 2.25. The van der Waals surface area contributed by atoms with Crippen LogP contribution in [0.3, 0.4) is 0 Å². The lowest BCUT2D eigenvalue weighted by atomic mass is 9.84. The van der Waals surface area contributed by atoms with Gasteiger partial charge in [0.05, 0.1) is 12.3 Å². The molecule has 0 radical (unpaired) electrons. The first-order valence-electron chi connectivity index (χ1n) is 7.60. The smallest absolute Gasteiger partial charge is 0.185 e. The van der Waals surface area contributed by atoms with Crippen molar-refractivity contribution in [2.45, 2.75) is 58.2 Å². The van der Waals surface area contributed by atoms with Gasteiger partial charge in [0.15, 0.2) is 5.13 Å². The van der Waals surface area contributed by atoms with Crippen molar-refractivity contribution >= 4 is 16.5 Å². The van der Waals surface area contributed by atoms with Crippen LogP contribution in [-0.2, 0) is 17.9 Å². The third-order valence-electron chi connectivity index (χ3n) is 4.48. The van der Waals surface area contributed by atoms with Crippen LogP contribution in [0.15, 0.2) is 0 Å². The van der Waals surface area contributed by atoms with Crippen LogP contribution in [0.5, 0.6) is 0 Å². The van der Waals surface area contributed by atoms with Crippen LogP contribution in [0.1, 0.15) is 49.6 Å². The molecule has 0 aliphatic heterocycles. The molecule has 0 amide bonds. The largest absolute Gasteiger partial charge is 0.378 e. The van der Waals surface area contributed by atoms with Crippen molar-refractivity contribution in [1.82, 2.24) is 4.98 Å². The van der Waals surface area contributed by atoms with Crippen LogP contribution < -0.4 is 10.6 Å². The Morgan fingerprint density at radius 2 is 2.05 bits per heavy atom. The van der Waals surface area contributed by atoms with Gasteiger partial charge in [-0.25, -0.2) is 4.98 Å². The molecule has 1 fully saturated rings. The van der Waals surface area contributed by atoms with E-state index in [1.165, 1.54) is 32.1 Å². The summed E-state index contributed by atoms with van der Waals surface area (Å²) >= 11 is 1.72. The summed E-state index contributed by atoms with van der Waals surface area (Å²) in [7, 11) is 3.88. The summed E-state index contributed by atoms with van der Waals surface area (Å²) < 4.78 is 5.21. The van der Waals surface area contributed by atoms with E-state index in [9.17, 15) is 0 Å². The van der Waals surface area contributed by atoms with E-state index in [1.54, 1.807) is 18.4 Å². The fourth-order valence-electron chi connectivity index (χ4n) is 3.03. The summed E-state index contributed by atoms with van der Waals surface area (Å²) in [6.45, 7) is 3.41. The molecule has 0 aromatic carbocycles.